The molecule has 2 aromatic rings. The van der Waals surface area contributed by atoms with Gasteiger partial charge in [0.1, 0.15) is 0 Å². The minimum absolute atomic E-state index is 0.164. The van der Waals surface area contributed by atoms with E-state index in [0.29, 0.717) is 40.4 Å². The van der Waals surface area contributed by atoms with Crippen LogP contribution < -0.4 is 28.4 Å². The Kier molecular flexibility index (Phi) is 5.79. The molecule has 168 valence electrons. The average molecular weight is 430 g/mol. The van der Waals surface area contributed by atoms with Crippen molar-refractivity contribution in [3.05, 3.63) is 23.3 Å². The lowest BCUT2D eigenvalue weighted by molar-refractivity contribution is 0.0361. The summed E-state index contributed by atoms with van der Waals surface area (Å²) in [5.41, 5.74) is 3.81. The maximum Gasteiger partial charge on any atom is 0.231 e. The fraction of sp³-hybridized carbons (Fsp3) is 0.500. The van der Waals surface area contributed by atoms with Crippen LogP contribution in [-0.4, -0.2) is 42.3 Å². The molecule has 7 nitrogen and oxygen atoms in total. The summed E-state index contributed by atoms with van der Waals surface area (Å²) < 4.78 is 40.7. The molecule has 0 aromatic heterocycles. The van der Waals surface area contributed by atoms with Gasteiger partial charge in [0.15, 0.2) is 23.0 Å². The molecule has 7 heteroatoms. The Morgan fingerprint density at radius 2 is 1.52 bits per heavy atom. The molecule has 0 saturated carbocycles. The van der Waals surface area contributed by atoms with Crippen LogP contribution in [0.2, 0.25) is 0 Å². The number of benzene rings is 2. The van der Waals surface area contributed by atoms with E-state index >= 15 is 0 Å². The van der Waals surface area contributed by atoms with Crippen molar-refractivity contribution < 1.29 is 33.2 Å². The van der Waals surface area contributed by atoms with Gasteiger partial charge in [-0.05, 0) is 41.5 Å². The zero-order valence-electron chi connectivity index (χ0n) is 19.2. The fourth-order valence-electron chi connectivity index (χ4n) is 4.81. The standard InChI is InChI=1S/C24H30O7/c1-12-8-14-9-17-22(31-11-30-17)23(28-6)18(14)19-15(20(26-4)13(12)2)10-16(25-3)21(27-5)24(19)29-7/h9-10,12-13,20H,8,11H2,1-7H3/t12-,13-,20?/m0/s1. The van der Waals surface area contributed by atoms with E-state index in [-0.39, 0.29) is 18.8 Å². The van der Waals surface area contributed by atoms with E-state index in [9.17, 15) is 0 Å². The quantitative estimate of drug-likeness (QED) is 0.685. The summed E-state index contributed by atoms with van der Waals surface area (Å²) >= 11 is 0. The lowest BCUT2D eigenvalue weighted by Gasteiger charge is -2.35. The van der Waals surface area contributed by atoms with E-state index in [4.69, 9.17) is 33.2 Å². The van der Waals surface area contributed by atoms with Crippen LogP contribution in [0, 0.1) is 11.8 Å². The van der Waals surface area contributed by atoms with Crippen molar-refractivity contribution in [1.29, 1.82) is 0 Å². The van der Waals surface area contributed by atoms with E-state index < -0.39 is 0 Å². The molecular formula is C24H30O7. The van der Waals surface area contributed by atoms with Gasteiger partial charge < -0.3 is 33.2 Å². The maximum absolute atomic E-state index is 6.04. The van der Waals surface area contributed by atoms with Gasteiger partial charge in [0.2, 0.25) is 18.3 Å². The predicted molar refractivity (Wildman–Crippen MR) is 116 cm³/mol. The van der Waals surface area contributed by atoms with Crippen molar-refractivity contribution in [2.45, 2.75) is 26.4 Å². The third-order valence-corrected chi connectivity index (χ3v) is 6.49. The molecule has 31 heavy (non-hydrogen) atoms. The third kappa shape index (κ3) is 3.22. The third-order valence-electron chi connectivity index (χ3n) is 6.49. The van der Waals surface area contributed by atoms with Gasteiger partial charge >= 0.3 is 0 Å². The molecule has 1 aliphatic carbocycles. The van der Waals surface area contributed by atoms with Gasteiger partial charge in [-0.2, -0.15) is 0 Å². The van der Waals surface area contributed by atoms with Crippen LogP contribution in [0.25, 0.3) is 11.1 Å². The largest absolute Gasteiger partial charge is 0.493 e. The monoisotopic (exact) mass is 430 g/mol. The first-order valence-electron chi connectivity index (χ1n) is 10.4. The molecule has 0 saturated heterocycles. The van der Waals surface area contributed by atoms with Crippen LogP contribution in [-0.2, 0) is 11.2 Å². The van der Waals surface area contributed by atoms with Crippen LogP contribution in [0.15, 0.2) is 12.1 Å². The average Bonchev–Trinajstić information content (AvgIpc) is 3.25. The van der Waals surface area contributed by atoms with E-state index in [1.165, 1.54) is 0 Å². The zero-order chi connectivity index (χ0) is 22.3. The molecule has 2 aromatic carbocycles. The Morgan fingerprint density at radius 1 is 0.806 bits per heavy atom. The first-order valence-corrected chi connectivity index (χ1v) is 10.4. The normalized spacial score (nSPS) is 21.5. The Hall–Kier alpha value is -2.80. The van der Waals surface area contributed by atoms with Gasteiger partial charge in [-0.25, -0.2) is 0 Å². The summed E-state index contributed by atoms with van der Waals surface area (Å²) in [5.74, 6) is 4.15. The van der Waals surface area contributed by atoms with Crippen LogP contribution in [0.5, 0.6) is 34.5 Å². The molecule has 1 unspecified atom stereocenters. The lowest BCUT2D eigenvalue weighted by atomic mass is 9.76. The Labute approximate surface area is 183 Å². The number of ether oxygens (including phenoxy) is 7. The van der Waals surface area contributed by atoms with E-state index in [0.717, 1.165) is 28.7 Å². The second kappa shape index (κ2) is 8.38. The first kappa shape index (κ1) is 21.4. The SMILES string of the molecule is COc1cc2c(c(OC)c1OC)-c1c(cc3c(c1OC)OCO3)C[C@H](C)[C@H](C)C2OC. The molecule has 0 fully saturated rings. The van der Waals surface area contributed by atoms with Gasteiger partial charge in [0.25, 0.3) is 0 Å². The molecule has 0 spiro atoms. The van der Waals surface area contributed by atoms with Crippen molar-refractivity contribution in [2.75, 3.05) is 42.3 Å². The molecular weight excluding hydrogens is 400 g/mol. The van der Waals surface area contributed by atoms with Gasteiger partial charge in [0, 0.05) is 18.2 Å². The Balaban J connectivity index is 2.17. The predicted octanol–water partition coefficient (Wildman–Crippen LogP) is 4.63. The van der Waals surface area contributed by atoms with Gasteiger partial charge in [-0.3, -0.25) is 0 Å². The molecule has 1 aliphatic heterocycles. The van der Waals surface area contributed by atoms with E-state index in [1.54, 1.807) is 35.5 Å². The molecule has 0 amide bonds. The van der Waals surface area contributed by atoms with E-state index in [1.807, 2.05) is 6.07 Å². The van der Waals surface area contributed by atoms with Crippen LogP contribution >= 0.6 is 0 Å². The molecule has 4 rings (SSSR count). The van der Waals surface area contributed by atoms with Gasteiger partial charge in [0.05, 0.1) is 34.5 Å². The van der Waals surface area contributed by atoms with Crippen LogP contribution in [0.1, 0.15) is 31.1 Å². The van der Waals surface area contributed by atoms with Crippen LogP contribution in [0.4, 0.5) is 0 Å². The summed E-state index contributed by atoms with van der Waals surface area (Å²) in [6.45, 7) is 4.61. The smallest absolute Gasteiger partial charge is 0.231 e. The maximum atomic E-state index is 6.04. The lowest BCUT2D eigenvalue weighted by Crippen LogP contribution is -2.24. The number of fused-ring (bicyclic) bond motifs is 4. The highest BCUT2D eigenvalue weighted by atomic mass is 16.7. The second-order valence-electron chi connectivity index (χ2n) is 7.98. The summed E-state index contributed by atoms with van der Waals surface area (Å²) in [7, 11) is 8.23. The van der Waals surface area contributed by atoms with Crippen molar-refractivity contribution in [3.8, 4) is 45.6 Å². The number of methoxy groups -OCH3 is 5. The summed E-state index contributed by atoms with van der Waals surface area (Å²) in [6.07, 6.45) is 0.641. The molecule has 2 aliphatic rings. The molecule has 3 atom stereocenters. The highest BCUT2D eigenvalue weighted by molar-refractivity contribution is 5.88. The summed E-state index contributed by atoms with van der Waals surface area (Å²) in [5, 5.41) is 0. The number of hydrogen-bond donors (Lipinski definition) is 0. The summed E-state index contributed by atoms with van der Waals surface area (Å²) in [4.78, 5) is 0. The molecule has 0 bridgehead atoms. The Morgan fingerprint density at radius 3 is 2.13 bits per heavy atom. The number of rotatable bonds is 5. The minimum Gasteiger partial charge on any atom is -0.493 e. The topological polar surface area (TPSA) is 64.6 Å². The van der Waals surface area contributed by atoms with Crippen molar-refractivity contribution >= 4 is 0 Å². The highest BCUT2D eigenvalue weighted by Crippen LogP contribution is 2.58. The molecule has 0 radical (unpaired) electrons. The zero-order valence-corrected chi connectivity index (χ0v) is 19.2. The second-order valence-corrected chi connectivity index (χ2v) is 7.98. The molecule has 1 heterocycles. The van der Waals surface area contributed by atoms with Crippen molar-refractivity contribution in [1.82, 2.24) is 0 Å². The first-order chi connectivity index (χ1) is 15.0. The number of hydrogen-bond acceptors (Lipinski definition) is 7. The van der Waals surface area contributed by atoms with Crippen molar-refractivity contribution in [3.63, 3.8) is 0 Å². The van der Waals surface area contributed by atoms with E-state index in [2.05, 4.69) is 19.9 Å². The van der Waals surface area contributed by atoms with Crippen molar-refractivity contribution in [2.24, 2.45) is 11.8 Å². The van der Waals surface area contributed by atoms with Crippen LogP contribution in [0.3, 0.4) is 0 Å². The van der Waals surface area contributed by atoms with Gasteiger partial charge in [-0.15, -0.1) is 0 Å². The fourth-order valence-corrected chi connectivity index (χ4v) is 4.81. The summed E-state index contributed by atoms with van der Waals surface area (Å²) in [6, 6.07) is 4.03. The van der Waals surface area contributed by atoms with Gasteiger partial charge in [-0.1, -0.05) is 13.8 Å². The Bertz CT molecular complexity index is 985. The molecule has 0 N–H and O–H groups in total. The highest BCUT2D eigenvalue weighted by Gasteiger charge is 2.38. The minimum atomic E-state index is -0.179.